The number of aromatic amines is 1. The highest BCUT2D eigenvalue weighted by molar-refractivity contribution is 5.95. The SMILES string of the molecule is CC(C)c1[nH]ncc1C(=O)NCC(c1cccnc1)C(C)C. The predicted octanol–water partition coefficient (Wildman–Crippen LogP) is 3.10. The fourth-order valence-corrected chi connectivity index (χ4v) is 2.55. The van der Waals surface area contributed by atoms with Crippen molar-refractivity contribution in [2.75, 3.05) is 6.54 Å². The summed E-state index contributed by atoms with van der Waals surface area (Å²) in [4.78, 5) is 16.6. The van der Waals surface area contributed by atoms with Gasteiger partial charge in [0.15, 0.2) is 0 Å². The number of rotatable bonds is 6. The fraction of sp³-hybridized carbons (Fsp3) is 0.471. The molecule has 0 saturated carbocycles. The van der Waals surface area contributed by atoms with Gasteiger partial charge < -0.3 is 5.32 Å². The Balaban J connectivity index is 2.07. The lowest BCUT2D eigenvalue weighted by molar-refractivity contribution is 0.0948. The number of carbonyl (C=O) groups excluding carboxylic acids is 1. The van der Waals surface area contributed by atoms with Crippen LogP contribution in [0.15, 0.2) is 30.7 Å². The highest BCUT2D eigenvalue weighted by atomic mass is 16.1. The molecule has 0 saturated heterocycles. The largest absolute Gasteiger partial charge is 0.351 e. The predicted molar refractivity (Wildman–Crippen MR) is 86.8 cm³/mol. The highest BCUT2D eigenvalue weighted by Crippen LogP contribution is 2.23. The van der Waals surface area contributed by atoms with E-state index < -0.39 is 0 Å². The first-order valence-corrected chi connectivity index (χ1v) is 7.72. The summed E-state index contributed by atoms with van der Waals surface area (Å²) >= 11 is 0. The van der Waals surface area contributed by atoms with Crippen LogP contribution in [0.4, 0.5) is 0 Å². The number of hydrogen-bond donors (Lipinski definition) is 2. The summed E-state index contributed by atoms with van der Waals surface area (Å²) in [6.45, 7) is 8.97. The Morgan fingerprint density at radius 3 is 2.64 bits per heavy atom. The van der Waals surface area contributed by atoms with Crippen LogP contribution >= 0.6 is 0 Å². The van der Waals surface area contributed by atoms with Crippen LogP contribution in [-0.2, 0) is 0 Å². The summed E-state index contributed by atoms with van der Waals surface area (Å²) in [6.07, 6.45) is 5.23. The van der Waals surface area contributed by atoms with Gasteiger partial charge in [-0.25, -0.2) is 0 Å². The van der Waals surface area contributed by atoms with Crippen LogP contribution in [0.2, 0.25) is 0 Å². The Kier molecular flexibility index (Phi) is 5.31. The minimum Gasteiger partial charge on any atom is -0.351 e. The standard InChI is InChI=1S/C17H24N4O/c1-11(2)14(13-6-5-7-18-8-13)9-19-17(22)15-10-20-21-16(15)12(3)4/h5-8,10-12,14H,9H2,1-4H3,(H,19,22)(H,20,21). The Morgan fingerprint density at radius 1 is 1.27 bits per heavy atom. The van der Waals surface area contributed by atoms with Crippen molar-refractivity contribution in [1.82, 2.24) is 20.5 Å². The first kappa shape index (κ1) is 16.2. The first-order chi connectivity index (χ1) is 10.5. The third-order valence-corrected chi connectivity index (χ3v) is 3.89. The van der Waals surface area contributed by atoms with Gasteiger partial charge in [0.2, 0.25) is 0 Å². The second kappa shape index (κ2) is 7.20. The van der Waals surface area contributed by atoms with Gasteiger partial charge in [-0.2, -0.15) is 5.10 Å². The quantitative estimate of drug-likeness (QED) is 0.861. The summed E-state index contributed by atoms with van der Waals surface area (Å²) < 4.78 is 0. The fourth-order valence-electron chi connectivity index (χ4n) is 2.55. The zero-order valence-corrected chi connectivity index (χ0v) is 13.6. The minimum atomic E-state index is -0.0769. The third kappa shape index (κ3) is 3.72. The molecule has 2 heterocycles. The molecular weight excluding hydrogens is 276 g/mol. The van der Waals surface area contributed by atoms with Crippen LogP contribution in [0.1, 0.15) is 61.1 Å². The van der Waals surface area contributed by atoms with E-state index in [0.717, 1.165) is 11.3 Å². The van der Waals surface area contributed by atoms with Gasteiger partial charge in [0.05, 0.1) is 17.5 Å². The molecule has 0 aliphatic heterocycles. The Hall–Kier alpha value is -2.17. The maximum atomic E-state index is 12.4. The van der Waals surface area contributed by atoms with Crippen molar-refractivity contribution >= 4 is 5.91 Å². The molecule has 2 aromatic rings. The van der Waals surface area contributed by atoms with Gasteiger partial charge in [0, 0.05) is 24.9 Å². The molecule has 0 spiro atoms. The topological polar surface area (TPSA) is 70.7 Å². The molecule has 0 aromatic carbocycles. The van der Waals surface area contributed by atoms with Crippen molar-refractivity contribution in [3.8, 4) is 0 Å². The second-order valence-corrected chi connectivity index (χ2v) is 6.20. The molecule has 2 rings (SSSR count). The summed E-state index contributed by atoms with van der Waals surface area (Å²) in [5, 5.41) is 9.93. The molecule has 0 radical (unpaired) electrons. The maximum Gasteiger partial charge on any atom is 0.254 e. The lowest BCUT2D eigenvalue weighted by atomic mass is 9.89. The van der Waals surface area contributed by atoms with E-state index in [4.69, 9.17) is 0 Å². The molecule has 0 aliphatic carbocycles. The highest BCUT2D eigenvalue weighted by Gasteiger charge is 2.20. The van der Waals surface area contributed by atoms with Crippen LogP contribution in [-0.4, -0.2) is 27.6 Å². The zero-order chi connectivity index (χ0) is 16.1. The van der Waals surface area contributed by atoms with E-state index in [9.17, 15) is 4.79 Å². The molecule has 118 valence electrons. The molecule has 1 unspecified atom stereocenters. The molecule has 0 aliphatic rings. The molecule has 5 nitrogen and oxygen atoms in total. The number of pyridine rings is 1. The molecule has 1 amide bonds. The van der Waals surface area contributed by atoms with Crippen LogP contribution in [0.3, 0.4) is 0 Å². The van der Waals surface area contributed by atoms with Gasteiger partial charge in [-0.3, -0.25) is 14.9 Å². The van der Waals surface area contributed by atoms with E-state index in [1.54, 1.807) is 12.4 Å². The summed E-state index contributed by atoms with van der Waals surface area (Å²) in [6, 6.07) is 3.99. The molecule has 22 heavy (non-hydrogen) atoms. The number of amides is 1. The molecular formula is C17H24N4O. The maximum absolute atomic E-state index is 12.4. The van der Waals surface area contributed by atoms with Crippen molar-refractivity contribution in [2.24, 2.45) is 5.92 Å². The van der Waals surface area contributed by atoms with Crippen molar-refractivity contribution in [1.29, 1.82) is 0 Å². The van der Waals surface area contributed by atoms with Gasteiger partial charge in [0.1, 0.15) is 0 Å². The number of nitrogens with zero attached hydrogens (tertiary/aromatic N) is 2. The summed E-state index contributed by atoms with van der Waals surface area (Å²) in [5.74, 6) is 0.819. The molecule has 0 bridgehead atoms. The van der Waals surface area contributed by atoms with E-state index in [-0.39, 0.29) is 17.7 Å². The van der Waals surface area contributed by atoms with E-state index in [1.807, 2.05) is 26.1 Å². The van der Waals surface area contributed by atoms with E-state index in [2.05, 4.69) is 40.4 Å². The van der Waals surface area contributed by atoms with Crippen molar-refractivity contribution in [2.45, 2.75) is 39.5 Å². The van der Waals surface area contributed by atoms with Crippen LogP contribution in [0.25, 0.3) is 0 Å². The molecule has 5 heteroatoms. The Bertz CT molecular complexity index is 604. The van der Waals surface area contributed by atoms with Crippen LogP contribution < -0.4 is 5.32 Å². The minimum absolute atomic E-state index is 0.0769. The second-order valence-electron chi connectivity index (χ2n) is 6.20. The summed E-state index contributed by atoms with van der Waals surface area (Å²) in [7, 11) is 0. The average molecular weight is 300 g/mol. The molecule has 2 N–H and O–H groups in total. The van der Waals surface area contributed by atoms with Crippen molar-refractivity contribution in [3.05, 3.63) is 47.5 Å². The van der Waals surface area contributed by atoms with E-state index in [1.165, 1.54) is 0 Å². The molecule has 2 aromatic heterocycles. The zero-order valence-electron chi connectivity index (χ0n) is 13.6. The number of aromatic nitrogens is 3. The van der Waals surface area contributed by atoms with Gasteiger partial charge in [-0.15, -0.1) is 0 Å². The van der Waals surface area contributed by atoms with Crippen LogP contribution in [0.5, 0.6) is 0 Å². The monoisotopic (exact) mass is 300 g/mol. The molecule has 1 atom stereocenters. The van der Waals surface area contributed by atoms with Gasteiger partial charge in [-0.1, -0.05) is 33.8 Å². The van der Waals surface area contributed by atoms with Crippen molar-refractivity contribution < 1.29 is 4.79 Å². The average Bonchev–Trinajstić information content (AvgIpc) is 2.97. The van der Waals surface area contributed by atoms with Gasteiger partial charge in [-0.05, 0) is 23.5 Å². The Labute approximate surface area is 131 Å². The number of carbonyl (C=O) groups is 1. The normalized spacial score (nSPS) is 12.6. The number of hydrogen-bond acceptors (Lipinski definition) is 3. The Morgan fingerprint density at radius 2 is 2.05 bits per heavy atom. The van der Waals surface area contributed by atoms with Gasteiger partial charge >= 0.3 is 0 Å². The smallest absolute Gasteiger partial charge is 0.254 e. The van der Waals surface area contributed by atoms with Gasteiger partial charge in [0.25, 0.3) is 5.91 Å². The lowest BCUT2D eigenvalue weighted by Crippen LogP contribution is -2.30. The van der Waals surface area contributed by atoms with E-state index >= 15 is 0 Å². The first-order valence-electron chi connectivity index (χ1n) is 7.72. The third-order valence-electron chi connectivity index (χ3n) is 3.89. The van der Waals surface area contributed by atoms with Crippen LogP contribution in [0, 0.1) is 5.92 Å². The number of H-pyrrole nitrogens is 1. The summed E-state index contributed by atoms with van der Waals surface area (Å²) in [5.41, 5.74) is 2.65. The molecule has 0 fully saturated rings. The lowest BCUT2D eigenvalue weighted by Gasteiger charge is -2.21. The van der Waals surface area contributed by atoms with Crippen molar-refractivity contribution in [3.63, 3.8) is 0 Å². The number of nitrogens with one attached hydrogen (secondary N) is 2. The van der Waals surface area contributed by atoms with E-state index in [0.29, 0.717) is 18.0 Å².